The van der Waals surface area contributed by atoms with Gasteiger partial charge in [-0.25, -0.2) is 0 Å². The number of methoxy groups -OCH3 is 2. The zero-order chi connectivity index (χ0) is 17.0. The Morgan fingerprint density at radius 2 is 1.87 bits per heavy atom. The van der Waals surface area contributed by atoms with Gasteiger partial charge in [-0.2, -0.15) is 0 Å². The number of anilines is 1. The summed E-state index contributed by atoms with van der Waals surface area (Å²) in [4.78, 5) is 14.3. The van der Waals surface area contributed by atoms with E-state index in [0.717, 1.165) is 36.7 Å². The molecule has 1 aliphatic rings. The first-order valence-electron chi connectivity index (χ1n) is 7.98. The lowest BCUT2D eigenvalue weighted by atomic mass is 10.0. The maximum Gasteiger partial charge on any atom is 0.237 e. The van der Waals surface area contributed by atoms with Gasteiger partial charge in [-0.05, 0) is 12.3 Å². The molecule has 0 spiro atoms. The summed E-state index contributed by atoms with van der Waals surface area (Å²) in [7, 11) is 3.28. The molecule has 128 valence electrons. The van der Waals surface area contributed by atoms with Gasteiger partial charge in [-0.15, -0.1) is 0 Å². The quantitative estimate of drug-likeness (QED) is 0.828. The number of carbonyl (C=O) groups excluding carboxylic acids is 1. The highest BCUT2D eigenvalue weighted by molar-refractivity contribution is 5.82. The monoisotopic (exact) mass is 321 g/mol. The van der Waals surface area contributed by atoms with E-state index in [-0.39, 0.29) is 17.9 Å². The lowest BCUT2D eigenvalue weighted by molar-refractivity contribution is -0.123. The van der Waals surface area contributed by atoms with Crippen molar-refractivity contribution >= 4 is 11.6 Å². The van der Waals surface area contributed by atoms with Crippen LogP contribution in [0.4, 0.5) is 5.69 Å². The van der Waals surface area contributed by atoms with Gasteiger partial charge in [0.25, 0.3) is 0 Å². The second kappa shape index (κ2) is 7.55. The number of hydrogen-bond donors (Lipinski definition) is 2. The smallest absolute Gasteiger partial charge is 0.237 e. The Bertz CT molecular complexity index is 526. The highest BCUT2D eigenvalue weighted by atomic mass is 16.5. The van der Waals surface area contributed by atoms with Crippen molar-refractivity contribution < 1.29 is 14.3 Å². The molecule has 1 aliphatic heterocycles. The standard InChI is InChI=1S/C17H27N3O3/c1-11(2)16(18)17(21)19-12-5-6-20(10-12)13-7-14(22-3)9-15(8-13)23-4/h7-9,11-12,16H,5-6,10,18H2,1-4H3,(H,19,21)/t12-,16+/m1/s1. The highest BCUT2D eigenvalue weighted by Crippen LogP contribution is 2.30. The van der Waals surface area contributed by atoms with Crippen molar-refractivity contribution in [1.29, 1.82) is 0 Å². The summed E-state index contributed by atoms with van der Waals surface area (Å²) >= 11 is 0. The lowest BCUT2D eigenvalue weighted by Crippen LogP contribution is -2.48. The van der Waals surface area contributed by atoms with Crippen LogP contribution in [0.2, 0.25) is 0 Å². The predicted molar refractivity (Wildman–Crippen MR) is 91.1 cm³/mol. The van der Waals surface area contributed by atoms with E-state index in [2.05, 4.69) is 10.2 Å². The minimum Gasteiger partial charge on any atom is -0.497 e. The fourth-order valence-electron chi connectivity index (χ4n) is 2.69. The van der Waals surface area contributed by atoms with Crippen molar-refractivity contribution in [3.63, 3.8) is 0 Å². The van der Waals surface area contributed by atoms with Gasteiger partial charge in [-0.3, -0.25) is 4.79 Å². The molecule has 6 heteroatoms. The van der Waals surface area contributed by atoms with Crippen LogP contribution in [0.5, 0.6) is 11.5 Å². The molecule has 0 bridgehead atoms. The van der Waals surface area contributed by atoms with Gasteiger partial charge in [0.1, 0.15) is 11.5 Å². The Hall–Kier alpha value is -1.95. The molecule has 1 heterocycles. The maximum atomic E-state index is 12.1. The largest absolute Gasteiger partial charge is 0.497 e. The number of benzene rings is 1. The Balaban J connectivity index is 2.01. The molecule has 1 aromatic carbocycles. The van der Waals surface area contributed by atoms with Crippen molar-refractivity contribution in [1.82, 2.24) is 5.32 Å². The highest BCUT2D eigenvalue weighted by Gasteiger charge is 2.27. The van der Waals surface area contributed by atoms with Gasteiger partial charge in [0, 0.05) is 43.0 Å². The second-order valence-corrected chi connectivity index (χ2v) is 6.28. The molecule has 0 aliphatic carbocycles. The number of hydrogen-bond acceptors (Lipinski definition) is 5. The van der Waals surface area contributed by atoms with Crippen LogP contribution in [-0.2, 0) is 4.79 Å². The van der Waals surface area contributed by atoms with Crippen LogP contribution in [-0.4, -0.2) is 45.3 Å². The zero-order valence-corrected chi connectivity index (χ0v) is 14.3. The minimum absolute atomic E-state index is 0.0740. The van der Waals surface area contributed by atoms with Crippen LogP contribution in [0.25, 0.3) is 0 Å². The molecule has 2 atom stereocenters. The third kappa shape index (κ3) is 4.28. The molecule has 1 amide bonds. The molecular weight excluding hydrogens is 294 g/mol. The number of nitrogens with zero attached hydrogens (tertiary/aromatic N) is 1. The minimum atomic E-state index is -0.457. The summed E-state index contributed by atoms with van der Waals surface area (Å²) in [6, 6.07) is 5.46. The first kappa shape index (κ1) is 17.4. The van der Waals surface area contributed by atoms with E-state index >= 15 is 0 Å². The number of carbonyl (C=O) groups is 1. The maximum absolute atomic E-state index is 12.1. The van der Waals surface area contributed by atoms with Crippen molar-refractivity contribution in [2.24, 2.45) is 11.7 Å². The van der Waals surface area contributed by atoms with E-state index in [1.807, 2.05) is 32.0 Å². The van der Waals surface area contributed by atoms with Gasteiger partial charge in [0.2, 0.25) is 5.91 Å². The molecule has 0 radical (unpaired) electrons. The van der Waals surface area contributed by atoms with E-state index in [4.69, 9.17) is 15.2 Å². The molecule has 1 fully saturated rings. The summed E-state index contributed by atoms with van der Waals surface area (Å²) < 4.78 is 10.6. The van der Waals surface area contributed by atoms with Gasteiger partial charge >= 0.3 is 0 Å². The van der Waals surface area contributed by atoms with Crippen molar-refractivity contribution in [2.75, 3.05) is 32.2 Å². The van der Waals surface area contributed by atoms with Crippen LogP contribution in [0.15, 0.2) is 18.2 Å². The number of nitrogens with one attached hydrogen (secondary N) is 1. The predicted octanol–water partition coefficient (Wildman–Crippen LogP) is 1.38. The molecule has 23 heavy (non-hydrogen) atoms. The summed E-state index contributed by atoms with van der Waals surface area (Å²) in [5.74, 6) is 1.58. The average molecular weight is 321 g/mol. The number of rotatable bonds is 6. The summed E-state index contributed by atoms with van der Waals surface area (Å²) in [6.07, 6.45) is 0.899. The van der Waals surface area contributed by atoms with Crippen LogP contribution in [0, 0.1) is 5.92 Å². The van der Waals surface area contributed by atoms with E-state index < -0.39 is 6.04 Å². The molecule has 2 rings (SSSR count). The first-order chi connectivity index (χ1) is 10.9. The molecule has 6 nitrogen and oxygen atoms in total. The van der Waals surface area contributed by atoms with E-state index in [1.165, 1.54) is 0 Å². The fourth-order valence-corrected chi connectivity index (χ4v) is 2.69. The Morgan fingerprint density at radius 1 is 1.26 bits per heavy atom. The van der Waals surface area contributed by atoms with E-state index in [1.54, 1.807) is 14.2 Å². The summed E-state index contributed by atoms with van der Waals surface area (Å²) in [5.41, 5.74) is 6.93. The number of ether oxygens (including phenoxy) is 2. The lowest BCUT2D eigenvalue weighted by Gasteiger charge is -2.22. The number of amides is 1. The fraction of sp³-hybridized carbons (Fsp3) is 0.588. The van der Waals surface area contributed by atoms with Crippen molar-refractivity contribution in [2.45, 2.75) is 32.4 Å². The third-order valence-electron chi connectivity index (χ3n) is 4.26. The average Bonchev–Trinajstić information content (AvgIpc) is 3.01. The Kier molecular flexibility index (Phi) is 5.71. The molecule has 1 aromatic rings. The Labute approximate surface area is 137 Å². The Morgan fingerprint density at radius 3 is 2.39 bits per heavy atom. The normalized spacial score (nSPS) is 18.9. The second-order valence-electron chi connectivity index (χ2n) is 6.28. The van der Waals surface area contributed by atoms with Gasteiger partial charge in [0.05, 0.1) is 20.3 Å². The van der Waals surface area contributed by atoms with Crippen molar-refractivity contribution in [3.05, 3.63) is 18.2 Å². The van der Waals surface area contributed by atoms with Crippen molar-refractivity contribution in [3.8, 4) is 11.5 Å². The molecule has 0 saturated carbocycles. The molecule has 1 saturated heterocycles. The van der Waals surface area contributed by atoms with Crippen LogP contribution in [0.1, 0.15) is 20.3 Å². The SMILES string of the molecule is COc1cc(OC)cc(N2CC[C@@H](NC(=O)[C@@H](N)C(C)C)C2)c1. The molecule has 3 N–H and O–H groups in total. The van der Waals surface area contributed by atoms with Crippen LogP contribution >= 0.6 is 0 Å². The summed E-state index contributed by atoms with van der Waals surface area (Å²) in [6.45, 7) is 5.53. The van der Waals surface area contributed by atoms with Crippen LogP contribution in [0.3, 0.4) is 0 Å². The number of nitrogens with two attached hydrogens (primary N) is 1. The molecule has 0 aromatic heterocycles. The van der Waals surface area contributed by atoms with E-state index in [0.29, 0.717) is 0 Å². The zero-order valence-electron chi connectivity index (χ0n) is 14.3. The van der Waals surface area contributed by atoms with Gasteiger partial charge in [0.15, 0.2) is 0 Å². The topological polar surface area (TPSA) is 76.8 Å². The molecular formula is C17H27N3O3. The van der Waals surface area contributed by atoms with Crippen LogP contribution < -0.4 is 25.4 Å². The summed E-state index contributed by atoms with van der Waals surface area (Å²) in [5, 5.41) is 3.05. The van der Waals surface area contributed by atoms with E-state index in [9.17, 15) is 4.79 Å². The first-order valence-corrected chi connectivity index (χ1v) is 7.98. The van der Waals surface area contributed by atoms with Gasteiger partial charge in [-0.1, -0.05) is 13.8 Å². The third-order valence-corrected chi connectivity index (χ3v) is 4.26. The molecule has 0 unspecified atom stereocenters. The van der Waals surface area contributed by atoms with Gasteiger partial charge < -0.3 is 25.4 Å².